The highest BCUT2D eigenvalue weighted by atomic mass is 15.0. The fraction of sp³-hybridized carbons (Fsp3) is 0. The van der Waals surface area contributed by atoms with Crippen LogP contribution in [-0.4, -0.2) is 9.55 Å². The minimum atomic E-state index is 0.719. The van der Waals surface area contributed by atoms with Crippen molar-refractivity contribution in [3.8, 4) is 16.8 Å². The van der Waals surface area contributed by atoms with Crippen LogP contribution in [0, 0.1) is 0 Å². The number of hydrogen-bond donors (Lipinski definition) is 2. The average molecular weight is 250 g/mol. The van der Waals surface area contributed by atoms with Crippen LogP contribution >= 0.6 is 0 Å². The van der Waals surface area contributed by atoms with Crippen molar-refractivity contribution >= 4 is 11.4 Å². The Hall–Kier alpha value is -2.75. The first-order chi connectivity index (χ1) is 9.24. The van der Waals surface area contributed by atoms with E-state index in [9.17, 15) is 0 Å². The molecule has 0 unspecified atom stereocenters. The molecule has 3 rings (SSSR count). The van der Waals surface area contributed by atoms with Gasteiger partial charge >= 0.3 is 0 Å². The normalized spacial score (nSPS) is 10.5. The van der Waals surface area contributed by atoms with Crippen molar-refractivity contribution in [2.75, 3.05) is 11.5 Å². The highest BCUT2D eigenvalue weighted by Gasteiger charge is 2.07. The number of nitrogens with two attached hydrogens (primary N) is 2. The van der Waals surface area contributed by atoms with Gasteiger partial charge in [0.25, 0.3) is 0 Å². The highest BCUT2D eigenvalue weighted by Crippen LogP contribution is 2.29. The first-order valence-electron chi connectivity index (χ1n) is 5.98. The van der Waals surface area contributed by atoms with E-state index in [1.807, 2.05) is 53.2 Å². The molecular formula is C15H14N4. The maximum atomic E-state index is 5.88. The van der Waals surface area contributed by atoms with Crippen molar-refractivity contribution in [2.24, 2.45) is 0 Å². The molecule has 19 heavy (non-hydrogen) atoms. The molecule has 0 radical (unpaired) electrons. The summed E-state index contributed by atoms with van der Waals surface area (Å²) < 4.78 is 1.94. The van der Waals surface area contributed by atoms with Crippen LogP contribution in [0.2, 0.25) is 0 Å². The van der Waals surface area contributed by atoms with E-state index in [1.165, 1.54) is 0 Å². The number of aromatic nitrogens is 2. The predicted octanol–water partition coefficient (Wildman–Crippen LogP) is 2.70. The molecule has 0 amide bonds. The van der Waals surface area contributed by atoms with E-state index >= 15 is 0 Å². The van der Waals surface area contributed by atoms with Gasteiger partial charge < -0.3 is 16.0 Å². The lowest BCUT2D eigenvalue weighted by molar-refractivity contribution is 1.06. The molecule has 0 saturated heterocycles. The Morgan fingerprint density at radius 3 is 2.53 bits per heavy atom. The molecule has 0 spiro atoms. The van der Waals surface area contributed by atoms with Crippen molar-refractivity contribution in [1.29, 1.82) is 0 Å². The van der Waals surface area contributed by atoms with Gasteiger partial charge in [-0.3, -0.25) is 0 Å². The van der Waals surface area contributed by atoms with E-state index in [1.54, 1.807) is 12.5 Å². The molecule has 1 aromatic heterocycles. The second-order valence-electron chi connectivity index (χ2n) is 4.37. The van der Waals surface area contributed by atoms with E-state index < -0.39 is 0 Å². The molecule has 2 aromatic carbocycles. The van der Waals surface area contributed by atoms with Gasteiger partial charge in [-0.15, -0.1) is 0 Å². The molecule has 94 valence electrons. The van der Waals surface area contributed by atoms with E-state index in [-0.39, 0.29) is 0 Å². The van der Waals surface area contributed by atoms with Gasteiger partial charge in [0.1, 0.15) is 0 Å². The molecule has 0 atom stereocenters. The van der Waals surface area contributed by atoms with E-state index in [0.29, 0.717) is 0 Å². The van der Waals surface area contributed by atoms with Crippen LogP contribution in [0.15, 0.2) is 61.2 Å². The molecule has 0 aliphatic heterocycles. The van der Waals surface area contributed by atoms with Gasteiger partial charge in [0.2, 0.25) is 0 Å². The van der Waals surface area contributed by atoms with Gasteiger partial charge in [-0.2, -0.15) is 0 Å². The van der Waals surface area contributed by atoms with Gasteiger partial charge in [0, 0.05) is 29.3 Å². The van der Waals surface area contributed by atoms with Gasteiger partial charge in [-0.05, 0) is 29.8 Å². The molecule has 4 nitrogen and oxygen atoms in total. The maximum absolute atomic E-state index is 5.88. The minimum absolute atomic E-state index is 0.719. The number of anilines is 2. The van der Waals surface area contributed by atoms with Crippen LogP contribution in [0.25, 0.3) is 16.8 Å². The molecule has 0 fully saturated rings. The monoisotopic (exact) mass is 250 g/mol. The number of nitrogen functional groups attached to an aromatic ring is 2. The SMILES string of the molecule is Nc1cccc(-c2ccc(N)cc2-n2ccnc2)c1. The zero-order chi connectivity index (χ0) is 13.2. The zero-order valence-electron chi connectivity index (χ0n) is 10.3. The molecule has 0 saturated carbocycles. The van der Waals surface area contributed by atoms with E-state index in [2.05, 4.69) is 4.98 Å². The Bertz CT molecular complexity index is 702. The number of rotatable bonds is 2. The van der Waals surface area contributed by atoms with Gasteiger partial charge in [0.15, 0.2) is 0 Å². The topological polar surface area (TPSA) is 69.9 Å². The molecule has 0 aliphatic carbocycles. The lowest BCUT2D eigenvalue weighted by atomic mass is 10.0. The molecule has 3 aromatic rings. The van der Waals surface area contributed by atoms with Gasteiger partial charge in [-0.25, -0.2) is 4.98 Å². The van der Waals surface area contributed by atoms with E-state index in [4.69, 9.17) is 11.5 Å². The minimum Gasteiger partial charge on any atom is -0.399 e. The second-order valence-corrected chi connectivity index (χ2v) is 4.37. The third-order valence-corrected chi connectivity index (χ3v) is 3.00. The Morgan fingerprint density at radius 2 is 1.79 bits per heavy atom. The lowest BCUT2D eigenvalue weighted by Gasteiger charge is -2.12. The van der Waals surface area contributed by atoms with Crippen LogP contribution in [0.1, 0.15) is 0 Å². The molecular weight excluding hydrogens is 236 g/mol. The smallest absolute Gasteiger partial charge is 0.0991 e. The Morgan fingerprint density at radius 1 is 0.947 bits per heavy atom. The quantitative estimate of drug-likeness (QED) is 0.687. The van der Waals surface area contributed by atoms with Crippen LogP contribution in [0.4, 0.5) is 11.4 Å². The summed E-state index contributed by atoms with van der Waals surface area (Å²) in [5.74, 6) is 0. The zero-order valence-corrected chi connectivity index (χ0v) is 10.3. The fourth-order valence-electron chi connectivity index (χ4n) is 2.11. The van der Waals surface area contributed by atoms with Crippen LogP contribution in [0.5, 0.6) is 0 Å². The summed E-state index contributed by atoms with van der Waals surface area (Å²) in [5, 5.41) is 0. The average Bonchev–Trinajstić information content (AvgIpc) is 2.92. The summed E-state index contributed by atoms with van der Waals surface area (Å²) in [6, 6.07) is 13.6. The molecule has 0 bridgehead atoms. The summed E-state index contributed by atoms with van der Waals surface area (Å²) in [6.45, 7) is 0. The molecule has 1 heterocycles. The van der Waals surface area contributed by atoms with Crippen LogP contribution < -0.4 is 11.5 Å². The Kier molecular flexibility index (Phi) is 2.68. The fourth-order valence-corrected chi connectivity index (χ4v) is 2.11. The maximum Gasteiger partial charge on any atom is 0.0991 e. The highest BCUT2D eigenvalue weighted by molar-refractivity contribution is 5.77. The number of imidazole rings is 1. The van der Waals surface area contributed by atoms with Crippen molar-refractivity contribution in [2.45, 2.75) is 0 Å². The number of hydrogen-bond acceptors (Lipinski definition) is 3. The molecule has 4 heteroatoms. The molecule has 4 N–H and O–H groups in total. The van der Waals surface area contributed by atoms with Crippen molar-refractivity contribution < 1.29 is 0 Å². The number of benzene rings is 2. The van der Waals surface area contributed by atoms with Crippen molar-refractivity contribution in [3.05, 3.63) is 61.2 Å². The first kappa shape index (κ1) is 11.3. The van der Waals surface area contributed by atoms with Gasteiger partial charge in [0.05, 0.1) is 12.0 Å². The van der Waals surface area contributed by atoms with E-state index in [0.717, 1.165) is 28.2 Å². The lowest BCUT2D eigenvalue weighted by Crippen LogP contribution is -1.97. The summed E-state index contributed by atoms with van der Waals surface area (Å²) in [5.41, 5.74) is 16.3. The summed E-state index contributed by atoms with van der Waals surface area (Å²) in [7, 11) is 0. The summed E-state index contributed by atoms with van der Waals surface area (Å²) in [4.78, 5) is 4.08. The standard InChI is InChI=1S/C15H14N4/c16-12-3-1-2-11(8-12)14-5-4-13(17)9-15(14)19-7-6-18-10-19/h1-10H,16-17H2. The van der Waals surface area contributed by atoms with Gasteiger partial charge in [-0.1, -0.05) is 18.2 Å². The summed E-state index contributed by atoms with van der Waals surface area (Å²) in [6.07, 6.45) is 5.39. The third kappa shape index (κ3) is 2.15. The van der Waals surface area contributed by atoms with Crippen LogP contribution in [-0.2, 0) is 0 Å². The van der Waals surface area contributed by atoms with Crippen LogP contribution in [0.3, 0.4) is 0 Å². The first-order valence-corrected chi connectivity index (χ1v) is 5.98. The van der Waals surface area contributed by atoms with Crippen molar-refractivity contribution in [3.63, 3.8) is 0 Å². The number of nitrogens with zero attached hydrogens (tertiary/aromatic N) is 2. The third-order valence-electron chi connectivity index (χ3n) is 3.00. The largest absolute Gasteiger partial charge is 0.399 e. The summed E-state index contributed by atoms with van der Waals surface area (Å²) >= 11 is 0. The second kappa shape index (κ2) is 4.49. The molecule has 0 aliphatic rings. The Labute approximate surface area is 111 Å². The van der Waals surface area contributed by atoms with Crippen molar-refractivity contribution in [1.82, 2.24) is 9.55 Å². The predicted molar refractivity (Wildman–Crippen MR) is 77.8 cm³/mol. The Balaban J connectivity index is 2.21.